The molecule has 0 saturated carbocycles. The topological polar surface area (TPSA) is 50.8 Å². The second-order valence-electron chi connectivity index (χ2n) is 5.74. The van der Waals surface area contributed by atoms with E-state index in [1.807, 2.05) is 36.4 Å². The van der Waals surface area contributed by atoms with Crippen molar-refractivity contribution in [2.45, 2.75) is 6.54 Å². The van der Waals surface area contributed by atoms with Crippen LogP contribution in [0.5, 0.6) is 5.75 Å². The van der Waals surface area contributed by atoms with Crippen LogP contribution in [0.25, 0.3) is 0 Å². The molecule has 1 aliphatic rings. The number of amides is 1. The minimum Gasteiger partial charge on any atom is -0.496 e. The predicted octanol–water partition coefficient (Wildman–Crippen LogP) is 2.78. The fraction of sp³-hybridized carbons (Fsp3) is 0.316. The van der Waals surface area contributed by atoms with Crippen molar-refractivity contribution in [1.29, 1.82) is 0 Å². The minimum absolute atomic E-state index is 0.173. The quantitative estimate of drug-likeness (QED) is 0.918. The van der Waals surface area contributed by atoms with Crippen molar-refractivity contribution in [2.75, 3.05) is 38.7 Å². The maximum Gasteiger partial charge on any atom is 0.259 e. The van der Waals surface area contributed by atoms with Gasteiger partial charge in [0.2, 0.25) is 0 Å². The Morgan fingerprint density at radius 2 is 1.83 bits per heavy atom. The Morgan fingerprint density at radius 1 is 1.12 bits per heavy atom. The monoisotopic (exact) mass is 326 g/mol. The van der Waals surface area contributed by atoms with Gasteiger partial charge >= 0.3 is 0 Å². The van der Waals surface area contributed by atoms with E-state index in [-0.39, 0.29) is 5.91 Å². The Morgan fingerprint density at radius 3 is 2.54 bits per heavy atom. The Hall–Kier alpha value is -2.37. The molecule has 1 saturated heterocycles. The van der Waals surface area contributed by atoms with Crippen molar-refractivity contribution in [1.82, 2.24) is 4.90 Å². The van der Waals surface area contributed by atoms with E-state index in [1.165, 1.54) is 5.56 Å². The number of anilines is 1. The molecule has 2 aromatic carbocycles. The fourth-order valence-electron chi connectivity index (χ4n) is 2.74. The van der Waals surface area contributed by atoms with Gasteiger partial charge in [0, 0.05) is 25.3 Å². The van der Waals surface area contributed by atoms with Gasteiger partial charge in [0.25, 0.3) is 5.91 Å². The summed E-state index contributed by atoms with van der Waals surface area (Å²) in [6, 6.07) is 15.2. The lowest BCUT2D eigenvalue weighted by Gasteiger charge is -2.26. The number of nitrogens with one attached hydrogen (secondary N) is 1. The third-order valence-electron chi connectivity index (χ3n) is 4.07. The fourth-order valence-corrected chi connectivity index (χ4v) is 2.74. The number of carbonyl (C=O) groups is 1. The smallest absolute Gasteiger partial charge is 0.259 e. The molecule has 0 unspecified atom stereocenters. The number of rotatable bonds is 5. The van der Waals surface area contributed by atoms with Crippen LogP contribution in [0.15, 0.2) is 48.5 Å². The molecule has 0 atom stereocenters. The first kappa shape index (κ1) is 16.5. The lowest BCUT2D eigenvalue weighted by molar-refractivity contribution is 0.0342. The molecule has 1 N–H and O–H groups in total. The average molecular weight is 326 g/mol. The van der Waals surface area contributed by atoms with Crippen LogP contribution in [0.3, 0.4) is 0 Å². The van der Waals surface area contributed by atoms with Gasteiger partial charge in [0.05, 0.1) is 25.9 Å². The van der Waals surface area contributed by atoms with Crippen molar-refractivity contribution in [3.05, 3.63) is 59.7 Å². The normalized spacial score (nSPS) is 15.0. The number of ether oxygens (including phenoxy) is 2. The van der Waals surface area contributed by atoms with E-state index in [1.54, 1.807) is 19.2 Å². The number of morpholine rings is 1. The van der Waals surface area contributed by atoms with Crippen LogP contribution >= 0.6 is 0 Å². The first-order valence-corrected chi connectivity index (χ1v) is 8.09. The molecule has 1 heterocycles. The lowest BCUT2D eigenvalue weighted by Crippen LogP contribution is -2.35. The van der Waals surface area contributed by atoms with E-state index < -0.39 is 0 Å². The highest BCUT2D eigenvalue weighted by atomic mass is 16.5. The SMILES string of the molecule is COc1ccccc1C(=O)Nc1ccc(CN2CCOCC2)cc1. The summed E-state index contributed by atoms with van der Waals surface area (Å²) >= 11 is 0. The number of hydrogen-bond donors (Lipinski definition) is 1. The number of benzene rings is 2. The molecule has 0 bridgehead atoms. The summed E-state index contributed by atoms with van der Waals surface area (Å²) in [6.45, 7) is 4.43. The van der Waals surface area contributed by atoms with E-state index in [0.29, 0.717) is 11.3 Å². The van der Waals surface area contributed by atoms with Gasteiger partial charge in [-0.3, -0.25) is 9.69 Å². The van der Waals surface area contributed by atoms with E-state index in [2.05, 4.69) is 10.2 Å². The largest absolute Gasteiger partial charge is 0.496 e. The zero-order chi connectivity index (χ0) is 16.8. The van der Waals surface area contributed by atoms with Crippen molar-refractivity contribution in [3.8, 4) is 5.75 Å². The summed E-state index contributed by atoms with van der Waals surface area (Å²) in [7, 11) is 1.56. The first-order chi connectivity index (χ1) is 11.8. The van der Waals surface area contributed by atoms with Gasteiger partial charge in [-0.15, -0.1) is 0 Å². The van der Waals surface area contributed by atoms with E-state index in [4.69, 9.17) is 9.47 Å². The molecule has 0 aromatic heterocycles. The van der Waals surface area contributed by atoms with Crippen LogP contribution in [-0.2, 0) is 11.3 Å². The number of hydrogen-bond acceptors (Lipinski definition) is 4. The average Bonchev–Trinajstić information content (AvgIpc) is 2.64. The molecule has 2 aromatic rings. The zero-order valence-corrected chi connectivity index (χ0v) is 13.8. The number of carbonyl (C=O) groups excluding carboxylic acids is 1. The highest BCUT2D eigenvalue weighted by Crippen LogP contribution is 2.19. The molecule has 3 rings (SSSR count). The molecule has 1 amide bonds. The predicted molar refractivity (Wildman–Crippen MR) is 93.5 cm³/mol. The van der Waals surface area contributed by atoms with Gasteiger partial charge in [-0.1, -0.05) is 24.3 Å². The highest BCUT2D eigenvalue weighted by Gasteiger charge is 2.13. The molecule has 0 aliphatic carbocycles. The van der Waals surface area contributed by atoms with Crippen LogP contribution in [0.4, 0.5) is 5.69 Å². The molecule has 1 aliphatic heterocycles. The molecule has 1 fully saturated rings. The third-order valence-corrected chi connectivity index (χ3v) is 4.07. The van der Waals surface area contributed by atoms with Crippen LogP contribution in [0, 0.1) is 0 Å². The molecular formula is C19H22N2O3. The summed E-state index contributed by atoms with van der Waals surface area (Å²) in [6.07, 6.45) is 0. The lowest BCUT2D eigenvalue weighted by atomic mass is 10.1. The number of methoxy groups -OCH3 is 1. The molecule has 5 heteroatoms. The summed E-state index contributed by atoms with van der Waals surface area (Å²) in [5.74, 6) is 0.396. The minimum atomic E-state index is -0.173. The summed E-state index contributed by atoms with van der Waals surface area (Å²) in [5, 5.41) is 2.91. The zero-order valence-electron chi connectivity index (χ0n) is 13.8. The molecule has 0 spiro atoms. The second-order valence-corrected chi connectivity index (χ2v) is 5.74. The van der Waals surface area contributed by atoms with Crippen molar-refractivity contribution < 1.29 is 14.3 Å². The third kappa shape index (κ3) is 4.13. The molecule has 0 radical (unpaired) electrons. The molecule has 126 valence electrons. The van der Waals surface area contributed by atoms with Gasteiger partial charge in [0.15, 0.2) is 0 Å². The number of para-hydroxylation sites is 1. The maximum absolute atomic E-state index is 12.4. The van der Waals surface area contributed by atoms with Gasteiger partial charge < -0.3 is 14.8 Å². The summed E-state index contributed by atoms with van der Waals surface area (Å²) < 4.78 is 10.6. The standard InChI is InChI=1S/C19H22N2O3/c1-23-18-5-3-2-4-17(18)19(22)20-16-8-6-15(7-9-16)14-21-10-12-24-13-11-21/h2-9H,10-14H2,1H3,(H,20,22). The van der Waals surface area contributed by atoms with Crippen LogP contribution in [0.2, 0.25) is 0 Å². The van der Waals surface area contributed by atoms with Crippen LogP contribution in [0.1, 0.15) is 15.9 Å². The van der Waals surface area contributed by atoms with Gasteiger partial charge in [-0.05, 0) is 29.8 Å². The number of nitrogens with zero attached hydrogens (tertiary/aromatic N) is 1. The Labute approximate surface area is 142 Å². The molecule has 24 heavy (non-hydrogen) atoms. The van der Waals surface area contributed by atoms with E-state index in [0.717, 1.165) is 38.5 Å². The van der Waals surface area contributed by atoms with Crippen LogP contribution in [-0.4, -0.2) is 44.2 Å². The maximum atomic E-state index is 12.4. The second kappa shape index (κ2) is 7.95. The van der Waals surface area contributed by atoms with Crippen molar-refractivity contribution >= 4 is 11.6 Å². The first-order valence-electron chi connectivity index (χ1n) is 8.09. The highest BCUT2D eigenvalue weighted by molar-refractivity contribution is 6.06. The molecule has 5 nitrogen and oxygen atoms in total. The van der Waals surface area contributed by atoms with E-state index in [9.17, 15) is 4.79 Å². The van der Waals surface area contributed by atoms with Gasteiger partial charge in [0.1, 0.15) is 5.75 Å². The van der Waals surface area contributed by atoms with Gasteiger partial charge in [-0.25, -0.2) is 0 Å². The van der Waals surface area contributed by atoms with E-state index >= 15 is 0 Å². The molecular weight excluding hydrogens is 304 g/mol. The Kier molecular flexibility index (Phi) is 5.46. The summed E-state index contributed by atoms with van der Waals surface area (Å²) in [5.41, 5.74) is 2.53. The van der Waals surface area contributed by atoms with Crippen LogP contribution < -0.4 is 10.1 Å². The Balaban J connectivity index is 1.62. The summed E-state index contributed by atoms with van der Waals surface area (Å²) in [4.78, 5) is 14.7. The Bertz CT molecular complexity index is 679. The van der Waals surface area contributed by atoms with Crippen molar-refractivity contribution in [3.63, 3.8) is 0 Å². The van der Waals surface area contributed by atoms with Gasteiger partial charge in [-0.2, -0.15) is 0 Å². The van der Waals surface area contributed by atoms with Crippen molar-refractivity contribution in [2.24, 2.45) is 0 Å².